The van der Waals surface area contributed by atoms with Crippen molar-refractivity contribution in [3.63, 3.8) is 0 Å². The number of benzene rings is 1. The van der Waals surface area contributed by atoms with Crippen LogP contribution in [-0.4, -0.2) is 77.0 Å². The molecule has 0 radical (unpaired) electrons. The van der Waals surface area contributed by atoms with Crippen molar-refractivity contribution in [2.45, 2.75) is 129 Å². The number of hydrogen-bond acceptors (Lipinski definition) is 11. The van der Waals surface area contributed by atoms with Gasteiger partial charge in [0, 0.05) is 12.0 Å². The van der Waals surface area contributed by atoms with E-state index in [2.05, 4.69) is 9.17 Å². The summed E-state index contributed by atoms with van der Waals surface area (Å²) in [6.45, 7) is 12.5. The summed E-state index contributed by atoms with van der Waals surface area (Å²) in [6.07, 6.45) is 4.52. The number of carbonyl (C=O) groups is 3. The van der Waals surface area contributed by atoms with Gasteiger partial charge in [-0.1, -0.05) is 40.5 Å². The summed E-state index contributed by atoms with van der Waals surface area (Å²) in [5.41, 5.74) is -6.44. The Morgan fingerprint density at radius 2 is 1.65 bits per heavy atom. The van der Waals surface area contributed by atoms with Gasteiger partial charge in [-0.05, 0) is 88.2 Å². The SMILES string of the molecule is C[C@@H]1[C@@H]2CN(C(=O)[C@H](C(C)(C)C)CC(=O)O[C@@H]3C[C@@H]4C[C@@H]4[C@H]3CCCCCc3nc4ccc(OS(=O)(=O)C(F)(F)F)cc4nc3O2)[C@@H]1C(=O)OC(C)(C)C. The van der Waals surface area contributed by atoms with Crippen LogP contribution in [0.3, 0.4) is 0 Å². The number of esters is 2. The summed E-state index contributed by atoms with van der Waals surface area (Å²) in [4.78, 5) is 52.8. The van der Waals surface area contributed by atoms with Gasteiger partial charge in [-0.15, -0.1) is 0 Å². The Bertz CT molecular complexity index is 1890. The fraction of sp³-hybridized carbons (Fsp3) is 0.711. The predicted octanol–water partition coefficient (Wildman–Crippen LogP) is 6.53. The monoisotopic (exact) mass is 781 g/mol. The molecule has 2 bridgehead atoms. The lowest BCUT2D eigenvalue weighted by Crippen LogP contribution is -2.50. The zero-order chi connectivity index (χ0) is 39.5. The van der Waals surface area contributed by atoms with Gasteiger partial charge in [-0.25, -0.2) is 14.8 Å². The molecule has 1 saturated heterocycles. The van der Waals surface area contributed by atoms with E-state index in [4.69, 9.17) is 19.2 Å². The number of hydrogen-bond donors (Lipinski definition) is 0. The molecule has 4 aliphatic rings. The van der Waals surface area contributed by atoms with Crippen molar-refractivity contribution in [2.75, 3.05) is 6.54 Å². The highest BCUT2D eigenvalue weighted by Gasteiger charge is 2.55. The first-order valence-corrected chi connectivity index (χ1v) is 20.1. The van der Waals surface area contributed by atoms with Gasteiger partial charge >= 0.3 is 27.6 Å². The number of nitrogens with zero attached hydrogens (tertiary/aromatic N) is 3. The molecule has 2 aliphatic carbocycles. The highest BCUT2D eigenvalue weighted by Crippen LogP contribution is 2.58. The van der Waals surface area contributed by atoms with Crippen molar-refractivity contribution >= 4 is 39.0 Å². The molecule has 2 aromatic rings. The predicted molar refractivity (Wildman–Crippen MR) is 189 cm³/mol. The van der Waals surface area contributed by atoms with Gasteiger partial charge in [0.15, 0.2) is 0 Å². The Morgan fingerprint density at radius 3 is 2.31 bits per heavy atom. The molecular formula is C38H50F3N3O9S. The van der Waals surface area contributed by atoms with Crippen molar-refractivity contribution in [2.24, 2.45) is 35.0 Å². The van der Waals surface area contributed by atoms with Crippen molar-refractivity contribution < 1.29 is 54.4 Å². The average Bonchev–Trinajstić information content (AvgIpc) is 3.60. The Balaban J connectivity index is 1.39. The maximum atomic E-state index is 14.6. The number of amides is 1. The van der Waals surface area contributed by atoms with E-state index in [9.17, 15) is 36.0 Å². The fourth-order valence-corrected chi connectivity index (χ4v) is 8.72. The van der Waals surface area contributed by atoms with Gasteiger partial charge in [-0.3, -0.25) is 9.59 Å². The summed E-state index contributed by atoms with van der Waals surface area (Å²) in [6, 6.07) is 2.35. The topological polar surface area (TPSA) is 151 Å². The Morgan fingerprint density at radius 1 is 0.926 bits per heavy atom. The molecule has 2 saturated carbocycles. The first-order valence-electron chi connectivity index (χ1n) is 18.7. The summed E-state index contributed by atoms with van der Waals surface area (Å²) >= 11 is 0. The molecule has 3 fully saturated rings. The summed E-state index contributed by atoms with van der Waals surface area (Å²) < 4.78 is 85.6. The number of aryl methyl sites for hydroxylation is 1. The van der Waals surface area contributed by atoms with E-state index >= 15 is 0 Å². The Kier molecular flexibility index (Phi) is 10.7. The summed E-state index contributed by atoms with van der Waals surface area (Å²) in [5, 5.41) is 0. The van der Waals surface area contributed by atoms with E-state index in [1.54, 1.807) is 27.7 Å². The molecule has 2 aliphatic heterocycles. The standard InChI is InChI=1S/C38H50F3N3O9S/c1-20-30-19-44(32(20)35(47)52-37(5,6)7)34(46)25(36(2,3)4)18-31(45)50-29-16-21-15-24(21)23(29)11-9-8-10-12-27-33(51-30)43-28-17-22(13-14-26(28)42-27)53-54(48,49)38(39,40)41/h13-14,17,20-21,23-25,29-30,32H,8-12,15-16,18-19H2,1-7H3/t20-,21+,23-,24+,25-,29-,30+,32+/m1/s1. The molecule has 0 spiro atoms. The lowest BCUT2D eigenvalue weighted by Gasteiger charge is -2.35. The Labute approximate surface area is 314 Å². The number of alkyl halides is 3. The van der Waals surface area contributed by atoms with Crippen LogP contribution in [0.2, 0.25) is 0 Å². The van der Waals surface area contributed by atoms with Crippen LogP contribution in [-0.2, 0) is 40.4 Å². The van der Waals surface area contributed by atoms with Crippen LogP contribution < -0.4 is 8.92 Å². The largest absolute Gasteiger partial charge is 0.534 e. The average molecular weight is 782 g/mol. The molecule has 3 heterocycles. The maximum absolute atomic E-state index is 14.6. The minimum absolute atomic E-state index is 0.0191. The number of rotatable bonds is 3. The zero-order valence-corrected chi connectivity index (χ0v) is 32.6. The second-order valence-electron chi connectivity index (χ2n) is 17.4. The van der Waals surface area contributed by atoms with Crippen LogP contribution in [0.25, 0.3) is 11.0 Å². The van der Waals surface area contributed by atoms with Gasteiger partial charge in [0.05, 0.1) is 29.9 Å². The third-order valence-electron chi connectivity index (χ3n) is 11.1. The van der Waals surface area contributed by atoms with Crippen molar-refractivity contribution in [3.05, 3.63) is 23.9 Å². The highest BCUT2D eigenvalue weighted by atomic mass is 32.2. The first-order chi connectivity index (χ1) is 25.0. The van der Waals surface area contributed by atoms with Gasteiger partial charge < -0.3 is 23.3 Å². The molecule has 1 aromatic heterocycles. The normalized spacial score (nSPS) is 29.9. The summed E-state index contributed by atoms with van der Waals surface area (Å²) in [5.74, 6) is -2.21. The molecule has 12 nitrogen and oxygen atoms in total. The molecule has 1 aromatic carbocycles. The third kappa shape index (κ3) is 8.57. The van der Waals surface area contributed by atoms with Crippen molar-refractivity contribution in [1.29, 1.82) is 0 Å². The lowest BCUT2D eigenvalue weighted by atomic mass is 9.77. The third-order valence-corrected chi connectivity index (χ3v) is 12.1. The molecular weight excluding hydrogens is 731 g/mol. The van der Waals surface area contributed by atoms with Gasteiger partial charge in [0.1, 0.15) is 35.3 Å². The van der Waals surface area contributed by atoms with Crippen LogP contribution >= 0.6 is 0 Å². The zero-order valence-electron chi connectivity index (χ0n) is 31.8. The minimum atomic E-state index is -5.94. The molecule has 1 amide bonds. The van der Waals surface area contributed by atoms with E-state index in [1.807, 2.05) is 20.8 Å². The van der Waals surface area contributed by atoms with E-state index < -0.39 is 74.2 Å². The molecule has 0 unspecified atom stereocenters. The quantitative estimate of drug-likeness (QED) is 0.190. The van der Waals surface area contributed by atoms with Crippen LogP contribution in [0.1, 0.15) is 99.1 Å². The van der Waals surface area contributed by atoms with Crippen LogP contribution in [0.5, 0.6) is 11.6 Å². The maximum Gasteiger partial charge on any atom is 0.534 e. The number of fused-ring (bicyclic) bond motifs is 7. The fourth-order valence-electron chi connectivity index (χ4n) is 8.27. The highest BCUT2D eigenvalue weighted by molar-refractivity contribution is 7.88. The van der Waals surface area contributed by atoms with E-state index in [0.29, 0.717) is 30.4 Å². The van der Waals surface area contributed by atoms with E-state index in [0.717, 1.165) is 44.2 Å². The molecule has 16 heteroatoms. The van der Waals surface area contributed by atoms with Crippen molar-refractivity contribution in [3.8, 4) is 11.6 Å². The lowest BCUT2D eigenvalue weighted by molar-refractivity contribution is -0.167. The molecule has 298 valence electrons. The molecule has 6 rings (SSSR count). The van der Waals surface area contributed by atoms with E-state index in [1.165, 1.54) is 11.0 Å². The van der Waals surface area contributed by atoms with Crippen molar-refractivity contribution in [1.82, 2.24) is 14.9 Å². The van der Waals surface area contributed by atoms with Gasteiger partial charge in [-0.2, -0.15) is 21.6 Å². The van der Waals surface area contributed by atoms with Crippen LogP contribution in [0, 0.1) is 35.0 Å². The number of aromatic nitrogens is 2. The number of ether oxygens (including phenoxy) is 3. The molecule has 0 N–H and O–H groups in total. The molecule has 54 heavy (non-hydrogen) atoms. The second kappa shape index (κ2) is 14.4. The Hall–Kier alpha value is -3.69. The number of halogens is 3. The van der Waals surface area contributed by atoms with Gasteiger partial charge in [0.2, 0.25) is 11.8 Å². The summed E-state index contributed by atoms with van der Waals surface area (Å²) in [7, 11) is -5.94. The van der Waals surface area contributed by atoms with Crippen LogP contribution in [0.4, 0.5) is 13.2 Å². The molecule has 8 atom stereocenters. The van der Waals surface area contributed by atoms with E-state index in [-0.39, 0.29) is 41.9 Å². The second-order valence-corrected chi connectivity index (χ2v) is 18.9. The smallest absolute Gasteiger partial charge is 0.471 e. The number of carbonyl (C=O) groups excluding carboxylic acids is 3. The van der Waals surface area contributed by atoms with Gasteiger partial charge in [0.25, 0.3) is 0 Å². The van der Waals surface area contributed by atoms with Crippen LogP contribution in [0.15, 0.2) is 18.2 Å². The minimum Gasteiger partial charge on any atom is -0.471 e. The first kappa shape index (κ1) is 40.0.